The molecule has 0 atom stereocenters. The highest BCUT2D eigenvalue weighted by Crippen LogP contribution is 2.25. The number of amides is 2. The maximum absolute atomic E-state index is 12.7. The fraction of sp³-hybridized carbons (Fsp3) is 0.333. The number of carbonyl (C=O) groups excluding carboxylic acids is 2. The molecule has 3 rings (SSSR count). The number of aryl methyl sites for hydroxylation is 2. The van der Waals surface area contributed by atoms with E-state index in [0.717, 1.165) is 22.3 Å². The van der Waals surface area contributed by atoms with Gasteiger partial charge in [-0.15, -0.1) is 0 Å². The summed E-state index contributed by atoms with van der Waals surface area (Å²) < 4.78 is 10.9. The van der Waals surface area contributed by atoms with Gasteiger partial charge in [-0.05, 0) is 43.5 Å². The van der Waals surface area contributed by atoms with Crippen LogP contribution < -0.4 is 20.1 Å². The average Bonchev–Trinajstić information content (AvgIpc) is 2.90. The normalized spacial score (nSPS) is 10.7. The second kappa shape index (κ2) is 14.0. The van der Waals surface area contributed by atoms with Crippen LogP contribution in [-0.4, -0.2) is 37.2 Å². The minimum absolute atomic E-state index is 0.111. The zero-order valence-corrected chi connectivity index (χ0v) is 21.8. The number of nitrogens with one attached hydrogen (secondary N) is 2. The van der Waals surface area contributed by atoms with E-state index < -0.39 is 0 Å². The second-order valence-corrected chi connectivity index (χ2v) is 9.01. The van der Waals surface area contributed by atoms with Crippen LogP contribution in [0.1, 0.15) is 53.1 Å². The van der Waals surface area contributed by atoms with Crippen LogP contribution in [-0.2, 0) is 16.2 Å². The molecule has 0 spiro atoms. The number of hydrogen-bond donors (Lipinski definition) is 3. The van der Waals surface area contributed by atoms with Gasteiger partial charge in [0.2, 0.25) is 11.8 Å². The number of aliphatic hydroxyl groups is 1. The van der Waals surface area contributed by atoms with Crippen LogP contribution in [0.5, 0.6) is 11.5 Å². The summed E-state index contributed by atoms with van der Waals surface area (Å²) in [5.74, 6) is 0.916. The molecular weight excluding hydrogens is 468 g/mol. The van der Waals surface area contributed by atoms with Crippen molar-refractivity contribution < 1.29 is 24.2 Å². The molecule has 3 aromatic carbocycles. The summed E-state index contributed by atoms with van der Waals surface area (Å²) in [4.78, 5) is 24.9. The van der Waals surface area contributed by atoms with Crippen molar-refractivity contribution in [2.75, 3.05) is 20.3 Å². The van der Waals surface area contributed by atoms with Crippen LogP contribution in [0.3, 0.4) is 0 Å². The fourth-order valence-corrected chi connectivity index (χ4v) is 3.88. The third kappa shape index (κ3) is 8.65. The molecule has 7 heteroatoms. The SMILES string of the molecule is COc1cc(OCCCC(=O)NCCC(=O)NC(c2ccc(C)cc2)c2ccc(C)cc2)ccc1CO. The van der Waals surface area contributed by atoms with E-state index in [1.165, 1.54) is 7.11 Å². The monoisotopic (exact) mass is 504 g/mol. The van der Waals surface area contributed by atoms with E-state index >= 15 is 0 Å². The van der Waals surface area contributed by atoms with Gasteiger partial charge in [0.05, 0.1) is 26.4 Å². The van der Waals surface area contributed by atoms with Gasteiger partial charge >= 0.3 is 0 Å². The molecule has 37 heavy (non-hydrogen) atoms. The van der Waals surface area contributed by atoms with E-state index in [1.807, 2.05) is 62.4 Å². The maximum atomic E-state index is 12.7. The van der Waals surface area contributed by atoms with Crippen molar-refractivity contribution in [1.82, 2.24) is 10.6 Å². The van der Waals surface area contributed by atoms with Gasteiger partial charge in [-0.3, -0.25) is 9.59 Å². The summed E-state index contributed by atoms with van der Waals surface area (Å²) in [6.45, 7) is 4.58. The van der Waals surface area contributed by atoms with E-state index in [1.54, 1.807) is 18.2 Å². The first-order chi connectivity index (χ1) is 17.9. The van der Waals surface area contributed by atoms with Crippen molar-refractivity contribution in [2.24, 2.45) is 0 Å². The van der Waals surface area contributed by atoms with Crippen molar-refractivity contribution in [3.63, 3.8) is 0 Å². The quantitative estimate of drug-likeness (QED) is 0.300. The summed E-state index contributed by atoms with van der Waals surface area (Å²) in [5, 5.41) is 15.2. The molecule has 0 aromatic heterocycles. The predicted molar refractivity (Wildman–Crippen MR) is 144 cm³/mol. The molecule has 2 amide bonds. The van der Waals surface area contributed by atoms with Crippen molar-refractivity contribution in [1.29, 1.82) is 0 Å². The van der Waals surface area contributed by atoms with E-state index in [2.05, 4.69) is 10.6 Å². The van der Waals surface area contributed by atoms with Crippen molar-refractivity contribution in [3.05, 3.63) is 94.5 Å². The number of carbonyl (C=O) groups is 2. The number of methoxy groups -OCH3 is 1. The molecule has 0 saturated carbocycles. The Kier molecular flexibility index (Phi) is 10.5. The van der Waals surface area contributed by atoms with Crippen LogP contribution in [0.25, 0.3) is 0 Å². The van der Waals surface area contributed by atoms with Gasteiger partial charge in [0.15, 0.2) is 0 Å². The predicted octanol–water partition coefficient (Wildman–Crippen LogP) is 4.38. The molecule has 0 fully saturated rings. The molecule has 0 heterocycles. The van der Waals surface area contributed by atoms with Gasteiger partial charge in [0.1, 0.15) is 11.5 Å². The van der Waals surface area contributed by atoms with Gasteiger partial charge in [0, 0.05) is 31.0 Å². The molecule has 0 saturated heterocycles. The van der Waals surface area contributed by atoms with Gasteiger partial charge in [-0.25, -0.2) is 0 Å². The van der Waals surface area contributed by atoms with E-state index in [9.17, 15) is 14.7 Å². The Bertz CT molecular complexity index is 1110. The van der Waals surface area contributed by atoms with Gasteiger partial charge < -0.3 is 25.2 Å². The Morgan fingerprint density at radius 3 is 2.05 bits per heavy atom. The maximum Gasteiger partial charge on any atom is 0.222 e. The summed E-state index contributed by atoms with van der Waals surface area (Å²) in [7, 11) is 1.54. The lowest BCUT2D eigenvalue weighted by atomic mass is 9.97. The van der Waals surface area contributed by atoms with Crippen molar-refractivity contribution in [3.8, 4) is 11.5 Å². The Hall–Kier alpha value is -3.84. The van der Waals surface area contributed by atoms with Crippen LogP contribution in [0.4, 0.5) is 0 Å². The van der Waals surface area contributed by atoms with Crippen LogP contribution in [0.2, 0.25) is 0 Å². The van der Waals surface area contributed by atoms with Gasteiger partial charge in [-0.2, -0.15) is 0 Å². The number of rotatable bonds is 13. The highest BCUT2D eigenvalue weighted by molar-refractivity contribution is 5.79. The Labute approximate surface area is 218 Å². The van der Waals surface area contributed by atoms with Gasteiger partial charge in [-0.1, -0.05) is 59.7 Å². The lowest BCUT2D eigenvalue weighted by Gasteiger charge is -2.20. The third-order valence-electron chi connectivity index (χ3n) is 6.05. The molecule has 0 radical (unpaired) electrons. The summed E-state index contributed by atoms with van der Waals surface area (Å²) >= 11 is 0. The average molecular weight is 505 g/mol. The number of aliphatic hydroxyl groups excluding tert-OH is 1. The van der Waals surface area contributed by atoms with Crippen molar-refractivity contribution in [2.45, 2.75) is 45.8 Å². The Morgan fingerprint density at radius 1 is 0.865 bits per heavy atom. The van der Waals surface area contributed by atoms with Crippen LogP contribution in [0.15, 0.2) is 66.7 Å². The largest absolute Gasteiger partial charge is 0.496 e. The molecule has 0 aliphatic heterocycles. The molecule has 196 valence electrons. The van der Waals surface area contributed by atoms with Gasteiger partial charge in [0.25, 0.3) is 0 Å². The molecule has 0 bridgehead atoms. The minimum Gasteiger partial charge on any atom is -0.496 e. The summed E-state index contributed by atoms with van der Waals surface area (Å²) in [5.41, 5.74) is 5.02. The number of ether oxygens (including phenoxy) is 2. The molecule has 0 aliphatic rings. The molecule has 7 nitrogen and oxygen atoms in total. The Balaban J connectivity index is 1.42. The zero-order chi connectivity index (χ0) is 26.6. The smallest absolute Gasteiger partial charge is 0.222 e. The molecule has 3 aromatic rings. The fourth-order valence-electron chi connectivity index (χ4n) is 3.88. The lowest BCUT2D eigenvalue weighted by Crippen LogP contribution is -2.33. The summed E-state index contributed by atoms with van der Waals surface area (Å²) in [6.07, 6.45) is 1.02. The highest BCUT2D eigenvalue weighted by atomic mass is 16.5. The highest BCUT2D eigenvalue weighted by Gasteiger charge is 2.17. The zero-order valence-electron chi connectivity index (χ0n) is 21.8. The van der Waals surface area contributed by atoms with Crippen LogP contribution in [0, 0.1) is 13.8 Å². The molecular formula is C30H36N2O5. The standard InChI is InChI=1S/C30H36N2O5/c1-21-6-10-23(11-7-21)30(24-12-8-22(2)9-13-24)32-29(35)16-17-31-28(34)5-4-18-37-26-15-14-25(20-33)27(19-26)36-3/h6-15,19,30,33H,4-5,16-18,20H2,1-3H3,(H,31,34)(H,32,35). The molecule has 3 N–H and O–H groups in total. The van der Waals surface area contributed by atoms with E-state index in [-0.39, 0.29) is 37.4 Å². The first kappa shape index (κ1) is 27.7. The molecule has 0 unspecified atom stereocenters. The number of benzene rings is 3. The second-order valence-electron chi connectivity index (χ2n) is 9.01. The van der Waals surface area contributed by atoms with E-state index in [0.29, 0.717) is 36.5 Å². The summed E-state index contributed by atoms with van der Waals surface area (Å²) in [6, 6.07) is 21.2. The van der Waals surface area contributed by atoms with Crippen LogP contribution >= 0.6 is 0 Å². The topological polar surface area (TPSA) is 96.9 Å². The third-order valence-corrected chi connectivity index (χ3v) is 6.05. The molecule has 0 aliphatic carbocycles. The minimum atomic E-state index is -0.258. The first-order valence-electron chi connectivity index (χ1n) is 12.5. The first-order valence-corrected chi connectivity index (χ1v) is 12.5. The Morgan fingerprint density at radius 2 is 1.49 bits per heavy atom. The lowest BCUT2D eigenvalue weighted by molar-refractivity contribution is -0.122. The number of hydrogen-bond acceptors (Lipinski definition) is 5. The van der Waals surface area contributed by atoms with Crippen molar-refractivity contribution >= 4 is 11.8 Å². The van der Waals surface area contributed by atoms with E-state index in [4.69, 9.17) is 9.47 Å².